The Labute approximate surface area is 172 Å². The summed E-state index contributed by atoms with van der Waals surface area (Å²) < 4.78 is 27.3. The maximum Gasteiger partial charge on any atom is 0.243 e. The fourth-order valence-electron chi connectivity index (χ4n) is 4.23. The number of carbonyl (C=O) groups excluding carboxylic acids is 1. The molecule has 4 rings (SSSR count). The summed E-state index contributed by atoms with van der Waals surface area (Å²) in [4.78, 5) is 12.9. The summed E-state index contributed by atoms with van der Waals surface area (Å²) in [6.45, 7) is 2.41. The van der Waals surface area contributed by atoms with Gasteiger partial charge in [-0.15, -0.1) is 0 Å². The van der Waals surface area contributed by atoms with Gasteiger partial charge in [0.25, 0.3) is 0 Å². The Morgan fingerprint density at radius 2 is 1.72 bits per heavy atom. The minimum absolute atomic E-state index is 0.0339. The lowest BCUT2D eigenvalue weighted by Gasteiger charge is -2.33. The molecular weight excluding hydrogens is 386 g/mol. The van der Waals surface area contributed by atoms with Crippen LogP contribution in [-0.2, 0) is 27.8 Å². The highest BCUT2D eigenvalue weighted by molar-refractivity contribution is 7.89. The molecule has 1 N–H and O–H groups in total. The van der Waals surface area contributed by atoms with E-state index in [9.17, 15) is 13.2 Å². The van der Waals surface area contributed by atoms with Crippen LogP contribution in [0, 0.1) is 5.92 Å². The third-order valence-corrected chi connectivity index (χ3v) is 7.63. The van der Waals surface area contributed by atoms with Gasteiger partial charge >= 0.3 is 0 Å². The molecule has 1 unspecified atom stereocenters. The molecule has 1 amide bonds. The number of piperidine rings is 1. The van der Waals surface area contributed by atoms with Crippen LogP contribution < -0.4 is 5.43 Å². The summed E-state index contributed by atoms with van der Waals surface area (Å²) in [7, 11) is -3.50. The quantitative estimate of drug-likeness (QED) is 0.818. The van der Waals surface area contributed by atoms with Gasteiger partial charge in [0.05, 0.1) is 4.90 Å². The highest BCUT2D eigenvalue weighted by Crippen LogP contribution is 2.25. The zero-order valence-corrected chi connectivity index (χ0v) is 17.3. The molecule has 2 aliphatic rings. The number of hydrazine groups is 1. The molecule has 2 aromatic carbocycles. The van der Waals surface area contributed by atoms with Gasteiger partial charge in [0, 0.05) is 32.6 Å². The lowest BCUT2D eigenvalue weighted by atomic mass is 9.96. The second-order valence-electron chi connectivity index (χ2n) is 7.86. The first-order valence-electron chi connectivity index (χ1n) is 10.2. The van der Waals surface area contributed by atoms with E-state index < -0.39 is 10.0 Å². The van der Waals surface area contributed by atoms with Gasteiger partial charge in [0.15, 0.2) is 0 Å². The first kappa shape index (κ1) is 20.1. The minimum atomic E-state index is -3.50. The molecule has 0 aromatic heterocycles. The van der Waals surface area contributed by atoms with E-state index in [2.05, 4.69) is 17.6 Å². The predicted octanol–water partition coefficient (Wildman–Crippen LogP) is 2.57. The van der Waals surface area contributed by atoms with Crippen LogP contribution in [0.3, 0.4) is 0 Å². The molecule has 2 aromatic rings. The van der Waals surface area contributed by atoms with Gasteiger partial charge in [-0.25, -0.2) is 13.4 Å². The number of hydrogen-bond acceptors (Lipinski definition) is 4. The third-order valence-electron chi connectivity index (χ3n) is 5.75. The van der Waals surface area contributed by atoms with Gasteiger partial charge in [-0.1, -0.05) is 42.5 Å². The SMILES string of the molecule is O=C(CC1CCCN(S(=O)(=O)c2ccccc2)C1)NN1CCc2ccccc2C1. The van der Waals surface area contributed by atoms with Crippen LogP contribution in [0.2, 0.25) is 0 Å². The second kappa shape index (κ2) is 8.65. The standard InChI is InChI=1S/C22H27N3O3S/c26-22(23-24-14-12-19-8-4-5-9-20(19)17-24)15-18-7-6-13-25(16-18)29(27,28)21-10-2-1-3-11-21/h1-5,8-11,18H,6-7,12-17H2,(H,23,26). The largest absolute Gasteiger partial charge is 0.289 e. The lowest BCUT2D eigenvalue weighted by molar-refractivity contribution is -0.127. The first-order valence-corrected chi connectivity index (χ1v) is 11.6. The van der Waals surface area contributed by atoms with Crippen molar-refractivity contribution in [3.05, 3.63) is 65.7 Å². The van der Waals surface area contributed by atoms with E-state index in [4.69, 9.17) is 0 Å². The number of nitrogens with zero attached hydrogens (tertiary/aromatic N) is 2. The van der Waals surface area contributed by atoms with Crippen molar-refractivity contribution in [1.82, 2.24) is 14.7 Å². The molecule has 154 valence electrons. The Morgan fingerprint density at radius 1 is 1.00 bits per heavy atom. The molecule has 1 saturated heterocycles. The monoisotopic (exact) mass is 413 g/mol. The van der Waals surface area contributed by atoms with Crippen LogP contribution in [0.15, 0.2) is 59.5 Å². The van der Waals surface area contributed by atoms with Crippen LogP contribution >= 0.6 is 0 Å². The Balaban J connectivity index is 1.33. The van der Waals surface area contributed by atoms with E-state index >= 15 is 0 Å². The number of sulfonamides is 1. The molecule has 6 nitrogen and oxygen atoms in total. The molecule has 1 fully saturated rings. The van der Waals surface area contributed by atoms with Gasteiger partial charge < -0.3 is 0 Å². The van der Waals surface area contributed by atoms with Gasteiger partial charge in [-0.2, -0.15) is 4.31 Å². The number of nitrogens with one attached hydrogen (secondary N) is 1. The van der Waals surface area contributed by atoms with Crippen LogP contribution in [0.25, 0.3) is 0 Å². The van der Waals surface area contributed by atoms with E-state index in [0.717, 1.165) is 25.8 Å². The normalized spacial score (nSPS) is 20.8. The number of benzene rings is 2. The summed E-state index contributed by atoms with van der Waals surface area (Å²) in [5, 5.41) is 1.96. The van der Waals surface area contributed by atoms with E-state index in [0.29, 0.717) is 31.0 Å². The molecule has 7 heteroatoms. The fraction of sp³-hybridized carbons (Fsp3) is 0.409. The van der Waals surface area contributed by atoms with Crippen molar-refractivity contribution in [3.63, 3.8) is 0 Å². The number of fused-ring (bicyclic) bond motifs is 1. The van der Waals surface area contributed by atoms with Crippen molar-refractivity contribution in [1.29, 1.82) is 0 Å². The van der Waals surface area contributed by atoms with Crippen molar-refractivity contribution >= 4 is 15.9 Å². The minimum Gasteiger partial charge on any atom is -0.289 e. The Kier molecular flexibility index (Phi) is 5.99. The fourth-order valence-corrected chi connectivity index (χ4v) is 5.80. The van der Waals surface area contributed by atoms with Gasteiger partial charge in [0.2, 0.25) is 15.9 Å². The molecule has 0 aliphatic carbocycles. The second-order valence-corrected chi connectivity index (χ2v) is 9.80. The summed E-state index contributed by atoms with van der Waals surface area (Å²) in [5.74, 6) is 0.00709. The van der Waals surface area contributed by atoms with Crippen LogP contribution in [0.5, 0.6) is 0 Å². The van der Waals surface area contributed by atoms with Crippen molar-refractivity contribution < 1.29 is 13.2 Å². The first-order chi connectivity index (χ1) is 14.0. The summed E-state index contributed by atoms with van der Waals surface area (Å²) in [6, 6.07) is 16.8. The molecule has 0 bridgehead atoms. The third kappa shape index (κ3) is 4.69. The van der Waals surface area contributed by atoms with Gasteiger partial charge in [-0.3, -0.25) is 10.2 Å². The van der Waals surface area contributed by atoms with Crippen LogP contribution in [0.1, 0.15) is 30.4 Å². The Bertz CT molecular complexity index is 962. The van der Waals surface area contributed by atoms with Crippen LogP contribution in [-0.4, -0.2) is 43.3 Å². The van der Waals surface area contributed by atoms with Crippen LogP contribution in [0.4, 0.5) is 0 Å². The lowest BCUT2D eigenvalue weighted by Crippen LogP contribution is -2.46. The molecule has 0 saturated carbocycles. The summed E-state index contributed by atoms with van der Waals surface area (Å²) in [5.41, 5.74) is 5.61. The van der Waals surface area contributed by atoms with E-state index in [1.54, 1.807) is 30.3 Å². The molecular formula is C22H27N3O3S. The average molecular weight is 414 g/mol. The van der Waals surface area contributed by atoms with Crippen molar-refractivity contribution in [2.24, 2.45) is 5.92 Å². The number of rotatable bonds is 5. The number of amides is 1. The molecule has 2 aliphatic heterocycles. The topological polar surface area (TPSA) is 69.7 Å². The molecule has 2 heterocycles. The zero-order valence-electron chi connectivity index (χ0n) is 16.5. The van der Waals surface area contributed by atoms with Crippen molar-refractivity contribution in [3.8, 4) is 0 Å². The zero-order chi connectivity index (χ0) is 20.3. The summed E-state index contributed by atoms with van der Waals surface area (Å²) >= 11 is 0. The molecule has 0 spiro atoms. The maximum absolute atomic E-state index is 12.9. The van der Waals surface area contributed by atoms with Crippen molar-refractivity contribution in [2.75, 3.05) is 19.6 Å². The van der Waals surface area contributed by atoms with E-state index in [-0.39, 0.29) is 11.8 Å². The molecule has 0 radical (unpaired) electrons. The van der Waals surface area contributed by atoms with Gasteiger partial charge in [0.1, 0.15) is 0 Å². The highest BCUT2D eigenvalue weighted by atomic mass is 32.2. The van der Waals surface area contributed by atoms with E-state index in [1.165, 1.54) is 15.4 Å². The Morgan fingerprint density at radius 3 is 2.52 bits per heavy atom. The number of carbonyl (C=O) groups is 1. The Hall–Kier alpha value is -2.22. The predicted molar refractivity (Wildman–Crippen MR) is 111 cm³/mol. The average Bonchev–Trinajstić information content (AvgIpc) is 2.74. The van der Waals surface area contributed by atoms with Gasteiger partial charge in [-0.05, 0) is 48.4 Å². The summed E-state index contributed by atoms with van der Waals surface area (Å²) in [6.07, 6.45) is 2.92. The molecule has 1 atom stereocenters. The highest BCUT2D eigenvalue weighted by Gasteiger charge is 2.31. The molecule has 29 heavy (non-hydrogen) atoms. The smallest absolute Gasteiger partial charge is 0.243 e. The number of hydrogen-bond donors (Lipinski definition) is 1. The maximum atomic E-state index is 12.9. The van der Waals surface area contributed by atoms with Crippen molar-refractivity contribution in [2.45, 2.75) is 37.1 Å². The van der Waals surface area contributed by atoms with E-state index in [1.807, 2.05) is 17.1 Å².